The summed E-state index contributed by atoms with van der Waals surface area (Å²) in [5.41, 5.74) is 1.32. The van der Waals surface area contributed by atoms with Gasteiger partial charge in [0.2, 0.25) is 5.91 Å². The number of methoxy groups -OCH3 is 1. The molecule has 2 atom stereocenters. The molecule has 126 valence electrons. The van der Waals surface area contributed by atoms with E-state index in [9.17, 15) is 4.79 Å². The van der Waals surface area contributed by atoms with Gasteiger partial charge in [-0.15, -0.1) is 0 Å². The Morgan fingerprint density at radius 1 is 1.22 bits per heavy atom. The molecule has 3 rings (SSSR count). The van der Waals surface area contributed by atoms with Crippen molar-refractivity contribution in [3.05, 3.63) is 35.9 Å². The Morgan fingerprint density at radius 2 is 2.00 bits per heavy atom. The lowest BCUT2D eigenvalue weighted by Crippen LogP contribution is -2.48. The van der Waals surface area contributed by atoms with Crippen molar-refractivity contribution in [1.82, 2.24) is 4.90 Å². The second kappa shape index (κ2) is 7.93. The van der Waals surface area contributed by atoms with E-state index in [1.54, 1.807) is 7.11 Å². The van der Waals surface area contributed by atoms with E-state index in [0.29, 0.717) is 5.92 Å². The highest BCUT2D eigenvalue weighted by Gasteiger charge is 2.33. The van der Waals surface area contributed by atoms with Crippen LogP contribution in [0.5, 0.6) is 0 Å². The minimum atomic E-state index is 0.0891. The molecule has 1 amide bonds. The molecule has 1 saturated carbocycles. The van der Waals surface area contributed by atoms with E-state index in [4.69, 9.17) is 9.47 Å². The Labute approximate surface area is 138 Å². The van der Waals surface area contributed by atoms with Crippen LogP contribution < -0.4 is 0 Å². The van der Waals surface area contributed by atoms with E-state index in [0.717, 1.165) is 38.5 Å². The molecule has 0 radical (unpaired) electrons. The Hall–Kier alpha value is -1.39. The highest BCUT2D eigenvalue weighted by atomic mass is 16.5. The molecule has 1 saturated heterocycles. The maximum Gasteiger partial charge on any atom is 0.248 e. The number of carbonyl (C=O) groups is 1. The summed E-state index contributed by atoms with van der Waals surface area (Å²) in [5, 5.41) is 0. The minimum absolute atomic E-state index is 0.0891. The summed E-state index contributed by atoms with van der Waals surface area (Å²) in [5.74, 6) is 1.23. The van der Waals surface area contributed by atoms with Gasteiger partial charge in [0.15, 0.2) is 0 Å². The SMILES string of the molecule is COCC(=O)N1CC[C@H](OCC2CC2)[C@@H](Cc2ccccc2)C1. The van der Waals surface area contributed by atoms with Gasteiger partial charge in [-0.05, 0) is 37.2 Å². The Kier molecular flexibility index (Phi) is 5.68. The van der Waals surface area contributed by atoms with Gasteiger partial charge in [0.05, 0.1) is 6.10 Å². The molecule has 1 heterocycles. The normalized spacial score (nSPS) is 24.7. The lowest BCUT2D eigenvalue weighted by molar-refractivity contribution is -0.140. The summed E-state index contributed by atoms with van der Waals surface area (Å²) in [7, 11) is 1.57. The molecular weight excluding hydrogens is 290 g/mol. The van der Waals surface area contributed by atoms with Crippen molar-refractivity contribution >= 4 is 5.91 Å². The summed E-state index contributed by atoms with van der Waals surface area (Å²) in [6, 6.07) is 10.5. The van der Waals surface area contributed by atoms with Gasteiger partial charge < -0.3 is 14.4 Å². The Morgan fingerprint density at radius 3 is 2.70 bits per heavy atom. The second-order valence-electron chi connectivity index (χ2n) is 6.83. The highest BCUT2D eigenvalue weighted by Crippen LogP contribution is 2.31. The molecule has 1 aromatic rings. The average molecular weight is 317 g/mol. The minimum Gasteiger partial charge on any atom is -0.377 e. The van der Waals surface area contributed by atoms with Gasteiger partial charge >= 0.3 is 0 Å². The molecule has 0 unspecified atom stereocenters. The summed E-state index contributed by atoms with van der Waals surface area (Å²) in [4.78, 5) is 14.1. The Bertz CT molecular complexity index is 501. The summed E-state index contributed by atoms with van der Waals surface area (Å²) in [6.45, 7) is 2.61. The van der Waals surface area contributed by atoms with Crippen LogP contribution in [-0.4, -0.2) is 50.3 Å². The molecule has 0 aromatic heterocycles. The number of carbonyl (C=O) groups excluding carboxylic acids is 1. The molecule has 0 N–H and O–H groups in total. The molecule has 0 spiro atoms. The largest absolute Gasteiger partial charge is 0.377 e. The topological polar surface area (TPSA) is 38.8 Å². The van der Waals surface area contributed by atoms with Gasteiger partial charge in [0, 0.05) is 32.7 Å². The summed E-state index contributed by atoms with van der Waals surface area (Å²) >= 11 is 0. The van der Waals surface area contributed by atoms with Crippen molar-refractivity contribution in [2.45, 2.75) is 31.8 Å². The third-order valence-corrected chi connectivity index (χ3v) is 4.87. The van der Waals surface area contributed by atoms with Crippen molar-refractivity contribution in [2.75, 3.05) is 33.4 Å². The fraction of sp³-hybridized carbons (Fsp3) is 0.632. The molecule has 1 aliphatic heterocycles. The number of likely N-dealkylation sites (tertiary alicyclic amines) is 1. The first-order valence-corrected chi connectivity index (χ1v) is 8.68. The van der Waals surface area contributed by atoms with Gasteiger partial charge in [-0.3, -0.25) is 4.79 Å². The van der Waals surface area contributed by atoms with Crippen LogP contribution in [0.25, 0.3) is 0 Å². The van der Waals surface area contributed by atoms with Gasteiger partial charge in [-0.2, -0.15) is 0 Å². The Balaban J connectivity index is 1.62. The average Bonchev–Trinajstić information content (AvgIpc) is 3.39. The molecule has 1 aromatic carbocycles. The van der Waals surface area contributed by atoms with Crippen LogP contribution in [0, 0.1) is 11.8 Å². The number of benzene rings is 1. The fourth-order valence-corrected chi connectivity index (χ4v) is 3.33. The standard InChI is InChI=1S/C19H27NO3/c1-22-14-19(21)20-10-9-18(23-13-16-7-8-16)17(12-20)11-15-5-3-2-4-6-15/h2-6,16-18H,7-14H2,1H3/t17-,18-/m0/s1. The van der Waals surface area contributed by atoms with Crippen molar-refractivity contribution in [3.63, 3.8) is 0 Å². The van der Waals surface area contributed by atoms with Crippen LogP contribution in [0.4, 0.5) is 0 Å². The lowest BCUT2D eigenvalue weighted by atomic mass is 9.88. The van der Waals surface area contributed by atoms with Crippen LogP contribution in [0.2, 0.25) is 0 Å². The molecule has 2 fully saturated rings. The summed E-state index contributed by atoms with van der Waals surface area (Å²) < 4.78 is 11.2. The van der Waals surface area contributed by atoms with Crippen LogP contribution >= 0.6 is 0 Å². The molecule has 1 aliphatic carbocycles. The van der Waals surface area contributed by atoms with E-state index in [1.165, 1.54) is 18.4 Å². The van der Waals surface area contributed by atoms with Crippen LogP contribution in [0.1, 0.15) is 24.8 Å². The zero-order valence-electron chi connectivity index (χ0n) is 13.9. The van der Waals surface area contributed by atoms with Crippen molar-refractivity contribution in [3.8, 4) is 0 Å². The quantitative estimate of drug-likeness (QED) is 0.776. The maximum absolute atomic E-state index is 12.1. The lowest BCUT2D eigenvalue weighted by Gasteiger charge is -2.38. The zero-order chi connectivity index (χ0) is 16.1. The van der Waals surface area contributed by atoms with E-state index in [2.05, 4.69) is 24.3 Å². The predicted octanol–water partition coefficient (Wildman–Crippen LogP) is 2.52. The number of rotatable bonds is 7. The van der Waals surface area contributed by atoms with Crippen molar-refractivity contribution in [2.24, 2.45) is 11.8 Å². The third-order valence-electron chi connectivity index (χ3n) is 4.87. The van der Waals surface area contributed by atoms with Crippen molar-refractivity contribution in [1.29, 1.82) is 0 Å². The molecule has 23 heavy (non-hydrogen) atoms. The van der Waals surface area contributed by atoms with E-state index in [-0.39, 0.29) is 18.6 Å². The highest BCUT2D eigenvalue weighted by molar-refractivity contribution is 5.77. The van der Waals surface area contributed by atoms with Crippen LogP contribution in [0.3, 0.4) is 0 Å². The fourth-order valence-electron chi connectivity index (χ4n) is 3.33. The van der Waals surface area contributed by atoms with E-state index in [1.807, 2.05) is 11.0 Å². The van der Waals surface area contributed by atoms with Gasteiger partial charge in [0.1, 0.15) is 6.61 Å². The van der Waals surface area contributed by atoms with Crippen molar-refractivity contribution < 1.29 is 14.3 Å². The number of amides is 1. The van der Waals surface area contributed by atoms with Crippen LogP contribution in [-0.2, 0) is 20.7 Å². The maximum atomic E-state index is 12.1. The smallest absolute Gasteiger partial charge is 0.248 e. The van der Waals surface area contributed by atoms with Gasteiger partial charge in [-0.1, -0.05) is 30.3 Å². The molecule has 0 bridgehead atoms. The molecule has 2 aliphatic rings. The summed E-state index contributed by atoms with van der Waals surface area (Å²) in [6.07, 6.45) is 4.79. The van der Waals surface area contributed by atoms with E-state index < -0.39 is 0 Å². The number of nitrogens with zero attached hydrogens (tertiary/aromatic N) is 1. The van der Waals surface area contributed by atoms with E-state index >= 15 is 0 Å². The number of hydrogen-bond donors (Lipinski definition) is 0. The third kappa shape index (κ3) is 4.79. The number of piperidine rings is 1. The van der Waals surface area contributed by atoms with Gasteiger partial charge in [-0.25, -0.2) is 0 Å². The zero-order valence-corrected chi connectivity index (χ0v) is 13.9. The first kappa shape index (κ1) is 16.5. The molecule has 4 nitrogen and oxygen atoms in total. The predicted molar refractivity (Wildman–Crippen MR) is 89.2 cm³/mol. The first-order valence-electron chi connectivity index (χ1n) is 8.68. The number of hydrogen-bond acceptors (Lipinski definition) is 3. The van der Waals surface area contributed by atoms with Crippen LogP contribution in [0.15, 0.2) is 30.3 Å². The molecule has 4 heteroatoms. The second-order valence-corrected chi connectivity index (χ2v) is 6.83. The van der Waals surface area contributed by atoms with Gasteiger partial charge in [0.25, 0.3) is 0 Å². The number of ether oxygens (including phenoxy) is 2. The first-order chi connectivity index (χ1) is 11.3. The monoisotopic (exact) mass is 317 g/mol. The molecular formula is C19H27NO3.